The van der Waals surface area contributed by atoms with Crippen LogP contribution in [0.4, 0.5) is 10.5 Å². The number of aromatic nitrogens is 1. The molecular formula is C21H15BrN4O4. The number of barbiturate groups is 1. The van der Waals surface area contributed by atoms with Crippen LogP contribution in [0.1, 0.15) is 5.56 Å². The highest BCUT2D eigenvalue weighted by Gasteiger charge is 2.37. The van der Waals surface area contributed by atoms with E-state index in [1.807, 2.05) is 12.1 Å². The van der Waals surface area contributed by atoms with Crippen LogP contribution in [0.3, 0.4) is 0 Å². The maximum absolute atomic E-state index is 13.0. The number of anilines is 1. The molecule has 9 heteroatoms. The third kappa shape index (κ3) is 3.50. The molecule has 30 heavy (non-hydrogen) atoms. The molecule has 8 nitrogen and oxygen atoms in total. The summed E-state index contributed by atoms with van der Waals surface area (Å²) in [6.07, 6.45) is 3.05. The second-order valence-electron chi connectivity index (χ2n) is 6.63. The molecule has 1 aliphatic heterocycles. The van der Waals surface area contributed by atoms with Crippen molar-refractivity contribution in [3.05, 3.63) is 70.3 Å². The monoisotopic (exact) mass is 466 g/mol. The number of nitrogens with one attached hydrogen (secondary N) is 1. The van der Waals surface area contributed by atoms with Crippen molar-refractivity contribution < 1.29 is 19.2 Å². The summed E-state index contributed by atoms with van der Waals surface area (Å²) < 4.78 is 2.43. The van der Waals surface area contributed by atoms with Gasteiger partial charge in [-0.25, -0.2) is 9.69 Å². The van der Waals surface area contributed by atoms with E-state index in [4.69, 9.17) is 5.73 Å². The zero-order chi connectivity index (χ0) is 21.4. The molecule has 0 radical (unpaired) electrons. The number of hydrogen-bond acceptors (Lipinski definition) is 4. The molecule has 0 aliphatic carbocycles. The molecule has 0 unspecified atom stereocenters. The Morgan fingerprint density at radius 2 is 1.77 bits per heavy atom. The Morgan fingerprint density at radius 3 is 2.47 bits per heavy atom. The summed E-state index contributed by atoms with van der Waals surface area (Å²) in [7, 11) is 0. The van der Waals surface area contributed by atoms with Gasteiger partial charge in [0.15, 0.2) is 0 Å². The Labute approximate surface area is 179 Å². The molecule has 1 saturated heterocycles. The average molecular weight is 467 g/mol. The SMILES string of the molecule is NC(=O)Cn1cc(/C=C2\C(=O)NC(=O)N(c3ccc(Br)cc3)C2=O)c2ccccc21. The lowest BCUT2D eigenvalue weighted by molar-refractivity contribution is -0.122. The number of primary amides is 1. The van der Waals surface area contributed by atoms with Gasteiger partial charge in [0.1, 0.15) is 12.1 Å². The molecule has 5 amide bonds. The quantitative estimate of drug-likeness (QED) is 0.454. The average Bonchev–Trinajstić information content (AvgIpc) is 3.03. The third-order valence-electron chi connectivity index (χ3n) is 4.63. The lowest BCUT2D eigenvalue weighted by atomic mass is 10.1. The van der Waals surface area contributed by atoms with E-state index in [1.54, 1.807) is 47.2 Å². The number of fused-ring (bicyclic) bond motifs is 1. The van der Waals surface area contributed by atoms with E-state index in [2.05, 4.69) is 21.2 Å². The zero-order valence-electron chi connectivity index (χ0n) is 15.5. The number of rotatable bonds is 4. The number of benzene rings is 2. The van der Waals surface area contributed by atoms with E-state index >= 15 is 0 Å². The molecule has 0 atom stereocenters. The van der Waals surface area contributed by atoms with Crippen LogP contribution < -0.4 is 16.0 Å². The van der Waals surface area contributed by atoms with Crippen molar-refractivity contribution in [2.24, 2.45) is 5.73 Å². The first-order valence-corrected chi connectivity index (χ1v) is 9.67. The topological polar surface area (TPSA) is 114 Å². The summed E-state index contributed by atoms with van der Waals surface area (Å²) in [6, 6.07) is 13.0. The van der Waals surface area contributed by atoms with E-state index in [1.165, 1.54) is 6.08 Å². The fraction of sp³-hybridized carbons (Fsp3) is 0.0476. The Morgan fingerprint density at radius 1 is 1.07 bits per heavy atom. The van der Waals surface area contributed by atoms with Gasteiger partial charge in [0, 0.05) is 27.1 Å². The molecule has 1 aromatic heterocycles. The summed E-state index contributed by atoms with van der Waals surface area (Å²) in [5.74, 6) is -2.05. The predicted octanol–water partition coefficient (Wildman–Crippen LogP) is 2.56. The predicted molar refractivity (Wildman–Crippen MR) is 114 cm³/mol. The van der Waals surface area contributed by atoms with Crippen LogP contribution in [0.5, 0.6) is 0 Å². The second-order valence-corrected chi connectivity index (χ2v) is 7.55. The number of halogens is 1. The molecule has 1 aliphatic rings. The van der Waals surface area contributed by atoms with Gasteiger partial charge in [-0.2, -0.15) is 0 Å². The number of amides is 5. The number of nitrogens with zero attached hydrogens (tertiary/aromatic N) is 2. The summed E-state index contributed by atoms with van der Waals surface area (Å²) in [6.45, 7) is -0.0483. The van der Waals surface area contributed by atoms with Gasteiger partial charge in [0.25, 0.3) is 11.8 Å². The second kappa shape index (κ2) is 7.60. The Bertz CT molecular complexity index is 1240. The molecule has 0 spiro atoms. The molecule has 2 aromatic carbocycles. The van der Waals surface area contributed by atoms with Gasteiger partial charge in [-0.3, -0.25) is 19.7 Å². The van der Waals surface area contributed by atoms with Crippen LogP contribution in [-0.4, -0.2) is 28.3 Å². The summed E-state index contributed by atoms with van der Waals surface area (Å²) in [4.78, 5) is 50.1. The Balaban J connectivity index is 1.80. The normalized spacial score (nSPS) is 15.7. The first kappa shape index (κ1) is 19.6. The van der Waals surface area contributed by atoms with Crippen LogP contribution in [0.2, 0.25) is 0 Å². The molecule has 1 fully saturated rings. The van der Waals surface area contributed by atoms with Gasteiger partial charge in [-0.05, 0) is 36.4 Å². The summed E-state index contributed by atoms with van der Waals surface area (Å²) >= 11 is 3.30. The minimum atomic E-state index is -0.819. The van der Waals surface area contributed by atoms with Crippen LogP contribution in [0, 0.1) is 0 Å². The van der Waals surface area contributed by atoms with Crippen LogP contribution in [0.15, 0.2) is 64.8 Å². The van der Waals surface area contributed by atoms with Crippen molar-refractivity contribution in [3.8, 4) is 0 Å². The van der Waals surface area contributed by atoms with Crippen molar-refractivity contribution in [1.29, 1.82) is 0 Å². The molecule has 2 heterocycles. The van der Waals surface area contributed by atoms with Crippen molar-refractivity contribution >= 4 is 62.3 Å². The number of urea groups is 1. The molecule has 3 aromatic rings. The number of carbonyl (C=O) groups is 4. The fourth-order valence-corrected chi connectivity index (χ4v) is 3.59. The van der Waals surface area contributed by atoms with Crippen LogP contribution in [0.25, 0.3) is 17.0 Å². The van der Waals surface area contributed by atoms with Crippen molar-refractivity contribution in [2.75, 3.05) is 4.90 Å². The van der Waals surface area contributed by atoms with Crippen LogP contribution in [-0.2, 0) is 20.9 Å². The fourth-order valence-electron chi connectivity index (χ4n) is 3.33. The van der Waals surface area contributed by atoms with Gasteiger partial charge in [0.2, 0.25) is 5.91 Å². The van der Waals surface area contributed by atoms with E-state index in [0.717, 1.165) is 20.3 Å². The molecule has 4 rings (SSSR count). The molecule has 0 bridgehead atoms. The molecule has 3 N–H and O–H groups in total. The van der Waals surface area contributed by atoms with Gasteiger partial charge >= 0.3 is 6.03 Å². The minimum absolute atomic E-state index is 0.0483. The smallest absolute Gasteiger partial charge is 0.335 e. The summed E-state index contributed by atoms with van der Waals surface area (Å²) in [5.41, 5.74) is 6.74. The number of nitrogens with two attached hydrogens (primary N) is 1. The van der Waals surface area contributed by atoms with Gasteiger partial charge < -0.3 is 10.3 Å². The third-order valence-corrected chi connectivity index (χ3v) is 5.16. The van der Waals surface area contributed by atoms with Crippen molar-refractivity contribution in [3.63, 3.8) is 0 Å². The van der Waals surface area contributed by atoms with E-state index < -0.39 is 23.8 Å². The maximum atomic E-state index is 13.0. The van der Waals surface area contributed by atoms with Gasteiger partial charge in [-0.15, -0.1) is 0 Å². The van der Waals surface area contributed by atoms with Gasteiger partial charge in [0.05, 0.1) is 5.69 Å². The molecular weight excluding hydrogens is 452 g/mol. The summed E-state index contributed by atoms with van der Waals surface area (Å²) in [5, 5.41) is 2.93. The molecule has 150 valence electrons. The number of carbonyl (C=O) groups excluding carboxylic acids is 4. The number of hydrogen-bond donors (Lipinski definition) is 2. The first-order valence-electron chi connectivity index (χ1n) is 8.88. The Hall–Kier alpha value is -3.72. The van der Waals surface area contributed by atoms with E-state index in [9.17, 15) is 19.2 Å². The lowest BCUT2D eigenvalue weighted by Crippen LogP contribution is -2.54. The maximum Gasteiger partial charge on any atom is 0.335 e. The lowest BCUT2D eigenvalue weighted by Gasteiger charge is -2.26. The van der Waals surface area contributed by atoms with E-state index in [0.29, 0.717) is 11.3 Å². The van der Waals surface area contributed by atoms with Crippen molar-refractivity contribution in [1.82, 2.24) is 9.88 Å². The first-order chi connectivity index (χ1) is 14.3. The van der Waals surface area contributed by atoms with Crippen LogP contribution >= 0.6 is 15.9 Å². The highest BCUT2D eigenvalue weighted by atomic mass is 79.9. The highest BCUT2D eigenvalue weighted by molar-refractivity contribution is 9.10. The highest BCUT2D eigenvalue weighted by Crippen LogP contribution is 2.27. The van der Waals surface area contributed by atoms with E-state index in [-0.39, 0.29) is 12.1 Å². The molecule has 0 saturated carbocycles. The Kier molecular flexibility index (Phi) is 4.96. The standard InChI is InChI=1S/C21H15BrN4O4/c22-13-5-7-14(8-6-13)26-20(29)16(19(28)24-21(26)30)9-12-10-25(11-18(23)27)17-4-2-1-3-15(12)17/h1-10H,11H2,(H2,23,27)(H,24,28,30)/b16-9+. The van der Waals surface area contributed by atoms with Crippen molar-refractivity contribution in [2.45, 2.75) is 6.54 Å². The number of imide groups is 2. The minimum Gasteiger partial charge on any atom is -0.368 e. The number of para-hydroxylation sites is 1. The largest absolute Gasteiger partial charge is 0.368 e. The van der Waals surface area contributed by atoms with Gasteiger partial charge in [-0.1, -0.05) is 34.1 Å². The zero-order valence-corrected chi connectivity index (χ0v) is 17.0.